The summed E-state index contributed by atoms with van der Waals surface area (Å²) >= 11 is 2.10. The predicted octanol–water partition coefficient (Wildman–Crippen LogP) is 1.17. The predicted molar refractivity (Wildman–Crippen MR) is 75.0 cm³/mol. The average molecular weight is 359 g/mol. The lowest BCUT2D eigenvalue weighted by atomic mass is 10.3. The van der Waals surface area contributed by atoms with Crippen LogP contribution in [0.25, 0.3) is 0 Å². The number of carbonyl (C=O) groups is 1. The maximum atomic E-state index is 12.0. The van der Waals surface area contributed by atoms with Gasteiger partial charge in [-0.1, -0.05) is 0 Å². The lowest BCUT2D eigenvalue weighted by molar-refractivity contribution is 0.0940. The molecule has 0 saturated heterocycles. The van der Waals surface area contributed by atoms with Crippen molar-refractivity contribution >= 4 is 28.5 Å². The minimum atomic E-state index is -0.122. The van der Waals surface area contributed by atoms with Crippen molar-refractivity contribution in [2.45, 2.75) is 20.0 Å². The van der Waals surface area contributed by atoms with Crippen LogP contribution in [0.4, 0.5) is 0 Å². The van der Waals surface area contributed by atoms with Gasteiger partial charge in [0.25, 0.3) is 5.91 Å². The summed E-state index contributed by atoms with van der Waals surface area (Å²) < 4.78 is 4.25. The summed E-state index contributed by atoms with van der Waals surface area (Å²) in [6, 6.07) is 0. The molecule has 96 valence electrons. The quantitative estimate of drug-likeness (QED) is 0.834. The number of nitrogens with zero attached hydrogens (tertiary/aromatic N) is 4. The van der Waals surface area contributed by atoms with Crippen LogP contribution in [0.3, 0.4) is 0 Å². The van der Waals surface area contributed by atoms with E-state index >= 15 is 0 Å². The number of carbonyl (C=O) groups excluding carboxylic acids is 1. The van der Waals surface area contributed by atoms with Gasteiger partial charge in [-0.05, 0) is 29.5 Å². The third kappa shape index (κ3) is 2.71. The third-order valence-corrected chi connectivity index (χ3v) is 3.36. The van der Waals surface area contributed by atoms with Gasteiger partial charge >= 0.3 is 0 Å². The fraction of sp³-hybridized carbons (Fsp3) is 0.364. The number of halogens is 1. The lowest BCUT2D eigenvalue weighted by Crippen LogP contribution is -2.25. The average Bonchev–Trinajstić information content (AvgIpc) is 2.93. The Labute approximate surface area is 119 Å². The highest BCUT2D eigenvalue weighted by Gasteiger charge is 2.14. The van der Waals surface area contributed by atoms with E-state index < -0.39 is 0 Å². The van der Waals surface area contributed by atoms with Crippen LogP contribution in [0.5, 0.6) is 0 Å². The van der Waals surface area contributed by atoms with Gasteiger partial charge in [0.05, 0.1) is 16.0 Å². The number of hydrogen-bond donors (Lipinski definition) is 1. The first kappa shape index (κ1) is 13.1. The number of amides is 1. The van der Waals surface area contributed by atoms with Crippen LogP contribution in [0, 0.1) is 3.57 Å². The molecule has 0 unspecified atom stereocenters. The minimum absolute atomic E-state index is 0.122. The number of aryl methyl sites for hydroxylation is 2. The Kier molecular flexibility index (Phi) is 4.00. The molecule has 2 aromatic heterocycles. The van der Waals surface area contributed by atoms with Crippen molar-refractivity contribution in [2.75, 3.05) is 0 Å². The molecule has 18 heavy (non-hydrogen) atoms. The molecular weight excluding hydrogens is 345 g/mol. The zero-order chi connectivity index (χ0) is 13.1. The lowest BCUT2D eigenvalue weighted by Gasteiger charge is -2.04. The van der Waals surface area contributed by atoms with Gasteiger partial charge in [-0.3, -0.25) is 14.2 Å². The molecule has 0 atom stereocenters. The molecule has 0 radical (unpaired) electrons. The molecule has 0 spiro atoms. The van der Waals surface area contributed by atoms with Crippen LogP contribution in [0.2, 0.25) is 0 Å². The van der Waals surface area contributed by atoms with E-state index in [-0.39, 0.29) is 5.91 Å². The molecule has 2 aromatic rings. The van der Waals surface area contributed by atoms with Crippen LogP contribution in [-0.2, 0) is 20.1 Å². The van der Waals surface area contributed by atoms with Crippen LogP contribution in [0.1, 0.15) is 23.0 Å². The van der Waals surface area contributed by atoms with Crippen LogP contribution >= 0.6 is 22.6 Å². The van der Waals surface area contributed by atoms with Crippen molar-refractivity contribution < 1.29 is 4.79 Å². The summed E-state index contributed by atoms with van der Waals surface area (Å²) in [5.74, 6) is -0.122. The standard InChI is InChI=1S/C11H14IN5O/c1-3-17-7-8(5-15-17)4-13-11(18)10-9(12)6-14-16(10)2/h5-7H,3-4H2,1-2H3,(H,13,18). The largest absolute Gasteiger partial charge is 0.346 e. The number of nitrogens with one attached hydrogen (secondary N) is 1. The Morgan fingerprint density at radius 3 is 2.78 bits per heavy atom. The fourth-order valence-electron chi connectivity index (χ4n) is 1.60. The second kappa shape index (κ2) is 5.51. The molecule has 0 bridgehead atoms. The fourth-order valence-corrected chi connectivity index (χ4v) is 2.32. The normalized spacial score (nSPS) is 10.6. The minimum Gasteiger partial charge on any atom is -0.346 e. The van der Waals surface area contributed by atoms with E-state index in [0.717, 1.165) is 15.7 Å². The third-order valence-electron chi connectivity index (χ3n) is 2.57. The first-order valence-corrected chi connectivity index (χ1v) is 6.66. The van der Waals surface area contributed by atoms with E-state index in [0.29, 0.717) is 12.2 Å². The van der Waals surface area contributed by atoms with E-state index in [1.807, 2.05) is 17.8 Å². The summed E-state index contributed by atoms with van der Waals surface area (Å²) in [6.07, 6.45) is 5.36. The molecule has 2 rings (SSSR count). The Balaban J connectivity index is 2.00. The summed E-state index contributed by atoms with van der Waals surface area (Å²) in [6.45, 7) is 3.32. The van der Waals surface area contributed by atoms with E-state index in [9.17, 15) is 4.79 Å². The van der Waals surface area contributed by atoms with Gasteiger partial charge < -0.3 is 5.32 Å². The van der Waals surface area contributed by atoms with E-state index in [1.165, 1.54) is 0 Å². The Morgan fingerprint density at radius 1 is 1.44 bits per heavy atom. The Bertz CT molecular complexity index is 540. The summed E-state index contributed by atoms with van der Waals surface area (Å²) in [7, 11) is 1.76. The molecular formula is C11H14IN5O. The molecule has 7 heteroatoms. The first-order chi connectivity index (χ1) is 8.61. The summed E-state index contributed by atoms with van der Waals surface area (Å²) in [5.41, 5.74) is 1.57. The van der Waals surface area contributed by atoms with Crippen molar-refractivity contribution in [1.29, 1.82) is 0 Å². The summed E-state index contributed by atoms with van der Waals surface area (Å²) in [5, 5.41) is 11.1. The molecule has 0 aromatic carbocycles. The molecule has 0 aliphatic rings. The summed E-state index contributed by atoms with van der Waals surface area (Å²) in [4.78, 5) is 12.0. The van der Waals surface area contributed by atoms with Crippen LogP contribution in [-0.4, -0.2) is 25.5 Å². The second-order valence-corrected chi connectivity index (χ2v) is 5.01. The monoisotopic (exact) mass is 359 g/mol. The highest BCUT2D eigenvalue weighted by Crippen LogP contribution is 2.10. The van der Waals surface area contributed by atoms with Crippen molar-refractivity contribution in [3.63, 3.8) is 0 Å². The topological polar surface area (TPSA) is 64.7 Å². The van der Waals surface area contributed by atoms with Gasteiger partial charge in [0.15, 0.2) is 0 Å². The van der Waals surface area contributed by atoms with Gasteiger partial charge in [0.2, 0.25) is 0 Å². The zero-order valence-electron chi connectivity index (χ0n) is 10.2. The second-order valence-electron chi connectivity index (χ2n) is 3.85. The molecule has 1 amide bonds. The SMILES string of the molecule is CCn1cc(CNC(=O)c2c(I)cnn2C)cn1. The van der Waals surface area contributed by atoms with Crippen molar-refractivity contribution in [1.82, 2.24) is 24.9 Å². The van der Waals surface area contributed by atoms with E-state index in [1.54, 1.807) is 24.1 Å². The molecule has 0 fully saturated rings. The van der Waals surface area contributed by atoms with Crippen molar-refractivity contribution in [3.8, 4) is 0 Å². The maximum Gasteiger partial charge on any atom is 0.270 e. The van der Waals surface area contributed by atoms with Gasteiger partial charge in [-0.25, -0.2) is 0 Å². The van der Waals surface area contributed by atoms with Crippen LogP contribution < -0.4 is 5.32 Å². The molecule has 1 N–H and O–H groups in total. The molecule has 2 heterocycles. The van der Waals surface area contributed by atoms with Gasteiger partial charge in [0.1, 0.15) is 5.69 Å². The number of hydrogen-bond acceptors (Lipinski definition) is 3. The molecule has 0 aliphatic heterocycles. The zero-order valence-corrected chi connectivity index (χ0v) is 12.4. The van der Waals surface area contributed by atoms with Crippen molar-refractivity contribution in [3.05, 3.63) is 33.4 Å². The van der Waals surface area contributed by atoms with E-state index in [4.69, 9.17) is 0 Å². The molecule has 6 nitrogen and oxygen atoms in total. The molecule has 0 aliphatic carbocycles. The van der Waals surface area contributed by atoms with Gasteiger partial charge in [0, 0.05) is 31.9 Å². The smallest absolute Gasteiger partial charge is 0.270 e. The first-order valence-electron chi connectivity index (χ1n) is 5.58. The highest BCUT2D eigenvalue weighted by molar-refractivity contribution is 14.1. The number of rotatable bonds is 4. The molecule has 0 saturated carbocycles. The highest BCUT2D eigenvalue weighted by atomic mass is 127. The van der Waals surface area contributed by atoms with Crippen LogP contribution in [0.15, 0.2) is 18.6 Å². The Morgan fingerprint density at radius 2 is 2.22 bits per heavy atom. The maximum absolute atomic E-state index is 12.0. The van der Waals surface area contributed by atoms with Crippen molar-refractivity contribution in [2.24, 2.45) is 7.05 Å². The number of aromatic nitrogens is 4. The van der Waals surface area contributed by atoms with Gasteiger partial charge in [-0.2, -0.15) is 10.2 Å². The van der Waals surface area contributed by atoms with Gasteiger partial charge in [-0.15, -0.1) is 0 Å². The Hall–Kier alpha value is -1.38. The van der Waals surface area contributed by atoms with E-state index in [2.05, 4.69) is 38.1 Å².